The van der Waals surface area contributed by atoms with Crippen molar-refractivity contribution in [1.82, 2.24) is 5.32 Å². The van der Waals surface area contributed by atoms with Crippen LogP contribution in [0.1, 0.15) is 38.5 Å². The van der Waals surface area contributed by atoms with Crippen molar-refractivity contribution in [1.29, 1.82) is 0 Å². The van der Waals surface area contributed by atoms with Gasteiger partial charge in [0.2, 0.25) is 0 Å². The lowest BCUT2D eigenvalue weighted by Crippen LogP contribution is -2.52. The van der Waals surface area contributed by atoms with E-state index in [9.17, 15) is 8.78 Å². The third kappa shape index (κ3) is 1.47. The quantitative estimate of drug-likeness (QED) is 0.595. The van der Waals surface area contributed by atoms with E-state index < -0.39 is 5.92 Å². The van der Waals surface area contributed by atoms with E-state index in [4.69, 9.17) is 0 Å². The van der Waals surface area contributed by atoms with E-state index in [0.29, 0.717) is 6.54 Å². The minimum Gasteiger partial charge on any atom is -0.311 e. The lowest BCUT2D eigenvalue weighted by Gasteiger charge is -2.39. The molecular formula is C9H15F2N. The minimum atomic E-state index is -2.41. The van der Waals surface area contributed by atoms with Gasteiger partial charge in [0.25, 0.3) is 5.92 Å². The molecule has 1 heterocycles. The molecular weight excluding hydrogens is 160 g/mol. The van der Waals surface area contributed by atoms with E-state index in [0.717, 1.165) is 25.7 Å². The standard InChI is InChI=1S/C9H15F2N/c10-9(11)5-6-12-8(7-9)3-1-2-4-8/h12H,1-7H2. The fourth-order valence-electron chi connectivity index (χ4n) is 2.56. The van der Waals surface area contributed by atoms with E-state index in [-0.39, 0.29) is 18.4 Å². The summed E-state index contributed by atoms with van der Waals surface area (Å²) in [4.78, 5) is 0. The van der Waals surface area contributed by atoms with Gasteiger partial charge in [-0.25, -0.2) is 8.78 Å². The van der Waals surface area contributed by atoms with Gasteiger partial charge in [0.1, 0.15) is 0 Å². The average Bonchev–Trinajstić information content (AvgIpc) is 2.34. The zero-order chi connectivity index (χ0) is 8.66. The summed E-state index contributed by atoms with van der Waals surface area (Å²) >= 11 is 0. The molecule has 3 heteroatoms. The first kappa shape index (κ1) is 8.42. The number of hydrogen-bond donors (Lipinski definition) is 1. The molecule has 1 aliphatic heterocycles. The summed E-state index contributed by atoms with van der Waals surface area (Å²) in [5.74, 6) is -2.41. The summed E-state index contributed by atoms with van der Waals surface area (Å²) in [6, 6.07) is 0. The van der Waals surface area contributed by atoms with Crippen LogP contribution in [0.4, 0.5) is 8.78 Å². The summed E-state index contributed by atoms with van der Waals surface area (Å²) in [6.45, 7) is 0.493. The summed E-state index contributed by atoms with van der Waals surface area (Å²) in [5.41, 5.74) is -0.193. The van der Waals surface area contributed by atoms with Gasteiger partial charge in [0.15, 0.2) is 0 Å². The van der Waals surface area contributed by atoms with E-state index >= 15 is 0 Å². The molecule has 0 amide bonds. The van der Waals surface area contributed by atoms with E-state index in [1.54, 1.807) is 0 Å². The molecule has 0 bridgehead atoms. The Bertz CT molecular complexity index is 173. The van der Waals surface area contributed by atoms with Crippen LogP contribution in [0.2, 0.25) is 0 Å². The molecule has 1 saturated heterocycles. The van der Waals surface area contributed by atoms with Crippen molar-refractivity contribution >= 4 is 0 Å². The normalized spacial score (nSPS) is 32.5. The van der Waals surface area contributed by atoms with Crippen LogP contribution < -0.4 is 5.32 Å². The molecule has 1 aliphatic carbocycles. The van der Waals surface area contributed by atoms with Gasteiger partial charge in [-0.3, -0.25) is 0 Å². The van der Waals surface area contributed by atoms with Gasteiger partial charge in [-0.15, -0.1) is 0 Å². The van der Waals surface area contributed by atoms with Gasteiger partial charge in [-0.1, -0.05) is 12.8 Å². The van der Waals surface area contributed by atoms with Crippen LogP contribution >= 0.6 is 0 Å². The lowest BCUT2D eigenvalue weighted by molar-refractivity contribution is -0.0619. The zero-order valence-electron chi connectivity index (χ0n) is 7.21. The first-order valence-corrected chi connectivity index (χ1v) is 4.75. The molecule has 0 atom stereocenters. The number of rotatable bonds is 0. The summed E-state index contributed by atoms with van der Waals surface area (Å²) in [7, 11) is 0. The molecule has 1 nitrogen and oxygen atoms in total. The van der Waals surface area contributed by atoms with Crippen LogP contribution in [0, 0.1) is 0 Å². The minimum absolute atomic E-state index is 0.0226. The van der Waals surface area contributed by atoms with Crippen LogP contribution in [0.15, 0.2) is 0 Å². The molecule has 1 saturated carbocycles. The number of piperidine rings is 1. The monoisotopic (exact) mass is 175 g/mol. The topological polar surface area (TPSA) is 12.0 Å². The van der Waals surface area contributed by atoms with Crippen molar-refractivity contribution in [2.45, 2.75) is 50.0 Å². The van der Waals surface area contributed by atoms with E-state index in [1.807, 2.05) is 0 Å². The van der Waals surface area contributed by atoms with Crippen LogP contribution in [-0.4, -0.2) is 18.0 Å². The fourth-order valence-corrected chi connectivity index (χ4v) is 2.56. The highest BCUT2D eigenvalue weighted by atomic mass is 19.3. The Balaban J connectivity index is 2.07. The third-order valence-corrected chi connectivity index (χ3v) is 3.15. The van der Waals surface area contributed by atoms with Gasteiger partial charge < -0.3 is 5.32 Å². The summed E-state index contributed by atoms with van der Waals surface area (Å²) in [6.07, 6.45) is 4.21. The summed E-state index contributed by atoms with van der Waals surface area (Å²) < 4.78 is 26.1. The number of nitrogens with one attached hydrogen (secondary N) is 1. The maximum absolute atomic E-state index is 13.1. The highest BCUT2D eigenvalue weighted by Crippen LogP contribution is 2.42. The van der Waals surface area contributed by atoms with Crippen molar-refractivity contribution in [3.8, 4) is 0 Å². The Morgan fingerprint density at radius 2 is 1.67 bits per heavy atom. The molecule has 1 N–H and O–H groups in total. The van der Waals surface area contributed by atoms with Crippen LogP contribution in [0.3, 0.4) is 0 Å². The smallest absolute Gasteiger partial charge is 0.251 e. The van der Waals surface area contributed by atoms with Gasteiger partial charge in [0.05, 0.1) is 0 Å². The number of alkyl halides is 2. The Hall–Kier alpha value is -0.180. The van der Waals surface area contributed by atoms with Crippen molar-refractivity contribution in [2.24, 2.45) is 0 Å². The SMILES string of the molecule is FC1(F)CCNC2(CCCC2)C1. The molecule has 2 fully saturated rings. The van der Waals surface area contributed by atoms with Gasteiger partial charge in [0, 0.05) is 24.9 Å². The van der Waals surface area contributed by atoms with Crippen LogP contribution in [-0.2, 0) is 0 Å². The van der Waals surface area contributed by atoms with Gasteiger partial charge in [-0.2, -0.15) is 0 Å². The van der Waals surface area contributed by atoms with Gasteiger partial charge >= 0.3 is 0 Å². The van der Waals surface area contributed by atoms with Crippen molar-refractivity contribution < 1.29 is 8.78 Å². The second-order valence-corrected chi connectivity index (χ2v) is 4.20. The van der Waals surface area contributed by atoms with E-state index in [1.165, 1.54) is 0 Å². The predicted octanol–water partition coefficient (Wildman–Crippen LogP) is 2.32. The molecule has 12 heavy (non-hydrogen) atoms. The largest absolute Gasteiger partial charge is 0.311 e. The van der Waals surface area contributed by atoms with Gasteiger partial charge in [-0.05, 0) is 12.8 Å². The van der Waals surface area contributed by atoms with Crippen molar-refractivity contribution in [2.75, 3.05) is 6.54 Å². The maximum Gasteiger partial charge on any atom is 0.251 e. The Morgan fingerprint density at radius 3 is 2.25 bits per heavy atom. The second-order valence-electron chi connectivity index (χ2n) is 4.20. The Kier molecular flexibility index (Phi) is 1.86. The predicted molar refractivity (Wildman–Crippen MR) is 43.4 cm³/mol. The zero-order valence-corrected chi connectivity index (χ0v) is 7.21. The number of halogens is 2. The second kappa shape index (κ2) is 2.66. The molecule has 0 unspecified atom stereocenters. The highest BCUT2D eigenvalue weighted by Gasteiger charge is 2.46. The van der Waals surface area contributed by atoms with Crippen molar-refractivity contribution in [3.05, 3.63) is 0 Å². The number of hydrogen-bond acceptors (Lipinski definition) is 1. The van der Waals surface area contributed by atoms with Crippen LogP contribution in [0.5, 0.6) is 0 Å². The lowest BCUT2D eigenvalue weighted by atomic mass is 9.85. The van der Waals surface area contributed by atoms with Crippen LogP contribution in [0.25, 0.3) is 0 Å². The molecule has 0 aromatic rings. The Labute approximate surface area is 71.5 Å². The average molecular weight is 175 g/mol. The molecule has 0 aromatic carbocycles. The first-order chi connectivity index (χ1) is 5.62. The molecule has 2 aliphatic rings. The molecule has 2 rings (SSSR count). The molecule has 0 radical (unpaired) electrons. The first-order valence-electron chi connectivity index (χ1n) is 4.75. The highest BCUT2D eigenvalue weighted by molar-refractivity contribution is 4.99. The maximum atomic E-state index is 13.1. The third-order valence-electron chi connectivity index (χ3n) is 3.15. The summed E-state index contributed by atoms with van der Waals surface area (Å²) in [5, 5.41) is 3.27. The van der Waals surface area contributed by atoms with E-state index in [2.05, 4.69) is 5.32 Å². The molecule has 0 aromatic heterocycles. The fraction of sp³-hybridized carbons (Fsp3) is 1.00. The van der Waals surface area contributed by atoms with Crippen molar-refractivity contribution in [3.63, 3.8) is 0 Å². The molecule has 1 spiro atoms. The molecule has 70 valence electrons. The Morgan fingerprint density at radius 1 is 1.00 bits per heavy atom.